The summed E-state index contributed by atoms with van der Waals surface area (Å²) in [5.74, 6) is -0.122. The highest BCUT2D eigenvalue weighted by molar-refractivity contribution is 5.94. The number of benzene rings is 1. The zero-order valence-electron chi connectivity index (χ0n) is 14.4. The molecule has 0 unspecified atom stereocenters. The second-order valence-corrected chi connectivity index (χ2v) is 6.07. The average Bonchev–Trinajstić information content (AvgIpc) is 2.60. The van der Waals surface area contributed by atoms with Crippen LogP contribution in [-0.2, 0) is 9.59 Å². The summed E-state index contributed by atoms with van der Waals surface area (Å²) in [5, 5.41) is 8.81. The van der Waals surface area contributed by atoms with Crippen LogP contribution in [0.25, 0.3) is 0 Å². The molecule has 0 radical (unpaired) electrons. The Kier molecular flexibility index (Phi) is 7.49. The van der Waals surface area contributed by atoms with Gasteiger partial charge in [0.15, 0.2) is 0 Å². The zero-order valence-corrected chi connectivity index (χ0v) is 14.4. The lowest BCUT2D eigenvalue weighted by atomic mass is 9.97. The van der Waals surface area contributed by atoms with E-state index in [4.69, 9.17) is 0 Å². The first-order valence-corrected chi connectivity index (χ1v) is 8.75. The molecular formula is C19H27N3O2. The number of hydrogen-bond donors (Lipinski definition) is 3. The van der Waals surface area contributed by atoms with Gasteiger partial charge in [0.2, 0.25) is 11.8 Å². The van der Waals surface area contributed by atoms with Crippen molar-refractivity contribution in [1.82, 2.24) is 5.32 Å². The Morgan fingerprint density at radius 3 is 2.50 bits per heavy atom. The molecule has 24 heavy (non-hydrogen) atoms. The van der Waals surface area contributed by atoms with Crippen molar-refractivity contribution in [1.29, 1.82) is 0 Å². The SMILES string of the molecule is CCC(=O)Nc1cccc(NC(=O)CNCCC2=CCCCC2)c1. The highest BCUT2D eigenvalue weighted by Gasteiger charge is 2.06. The van der Waals surface area contributed by atoms with E-state index >= 15 is 0 Å². The molecule has 0 saturated carbocycles. The van der Waals surface area contributed by atoms with Gasteiger partial charge in [-0.3, -0.25) is 9.59 Å². The summed E-state index contributed by atoms with van der Waals surface area (Å²) in [4.78, 5) is 23.4. The van der Waals surface area contributed by atoms with Crippen molar-refractivity contribution in [3.05, 3.63) is 35.9 Å². The van der Waals surface area contributed by atoms with Crippen molar-refractivity contribution in [3.63, 3.8) is 0 Å². The fraction of sp³-hybridized carbons (Fsp3) is 0.474. The molecule has 0 fully saturated rings. The van der Waals surface area contributed by atoms with Crippen molar-refractivity contribution in [2.75, 3.05) is 23.7 Å². The third-order valence-corrected chi connectivity index (χ3v) is 4.04. The fourth-order valence-electron chi connectivity index (χ4n) is 2.71. The molecule has 3 N–H and O–H groups in total. The molecule has 0 aliphatic heterocycles. The van der Waals surface area contributed by atoms with Gasteiger partial charge in [-0.25, -0.2) is 0 Å². The first-order chi connectivity index (χ1) is 11.7. The third-order valence-electron chi connectivity index (χ3n) is 4.04. The summed E-state index contributed by atoms with van der Waals surface area (Å²) in [5.41, 5.74) is 2.89. The van der Waals surface area contributed by atoms with Gasteiger partial charge in [-0.05, 0) is 56.8 Å². The normalized spacial score (nSPS) is 14.0. The van der Waals surface area contributed by atoms with Crippen LogP contribution in [0.4, 0.5) is 11.4 Å². The van der Waals surface area contributed by atoms with E-state index in [9.17, 15) is 9.59 Å². The molecule has 0 atom stereocenters. The van der Waals surface area contributed by atoms with Crippen LogP contribution >= 0.6 is 0 Å². The van der Waals surface area contributed by atoms with E-state index in [2.05, 4.69) is 22.0 Å². The zero-order chi connectivity index (χ0) is 17.2. The van der Waals surface area contributed by atoms with Gasteiger partial charge in [-0.1, -0.05) is 24.6 Å². The molecule has 0 aromatic heterocycles. The number of nitrogens with one attached hydrogen (secondary N) is 3. The van der Waals surface area contributed by atoms with E-state index in [1.807, 2.05) is 12.1 Å². The molecule has 2 amide bonds. The van der Waals surface area contributed by atoms with Crippen LogP contribution < -0.4 is 16.0 Å². The van der Waals surface area contributed by atoms with Crippen LogP contribution in [0.1, 0.15) is 45.4 Å². The number of hydrogen-bond acceptors (Lipinski definition) is 3. The Morgan fingerprint density at radius 2 is 1.83 bits per heavy atom. The largest absolute Gasteiger partial charge is 0.326 e. The van der Waals surface area contributed by atoms with E-state index in [-0.39, 0.29) is 11.8 Å². The molecule has 1 aromatic carbocycles. The van der Waals surface area contributed by atoms with E-state index in [1.165, 1.54) is 31.3 Å². The predicted molar refractivity (Wildman–Crippen MR) is 98.0 cm³/mol. The lowest BCUT2D eigenvalue weighted by Crippen LogP contribution is -2.29. The van der Waals surface area contributed by atoms with Crippen molar-refractivity contribution >= 4 is 23.2 Å². The lowest BCUT2D eigenvalue weighted by Gasteiger charge is -2.13. The maximum Gasteiger partial charge on any atom is 0.238 e. The number of allylic oxidation sites excluding steroid dienone is 1. The van der Waals surface area contributed by atoms with Crippen LogP contribution in [0.15, 0.2) is 35.9 Å². The molecule has 0 bridgehead atoms. The van der Waals surface area contributed by atoms with Crippen LogP contribution in [0.3, 0.4) is 0 Å². The monoisotopic (exact) mass is 329 g/mol. The maximum atomic E-state index is 12.0. The van der Waals surface area contributed by atoms with Gasteiger partial charge >= 0.3 is 0 Å². The molecule has 1 aromatic rings. The lowest BCUT2D eigenvalue weighted by molar-refractivity contribution is -0.116. The molecule has 1 aliphatic rings. The summed E-state index contributed by atoms with van der Waals surface area (Å²) in [6.07, 6.45) is 8.77. The Bertz CT molecular complexity index is 596. The Balaban J connectivity index is 1.70. The van der Waals surface area contributed by atoms with E-state index < -0.39 is 0 Å². The topological polar surface area (TPSA) is 70.2 Å². The molecular weight excluding hydrogens is 302 g/mol. The minimum atomic E-state index is -0.0772. The number of anilines is 2. The summed E-state index contributed by atoms with van der Waals surface area (Å²) in [6, 6.07) is 7.19. The fourth-order valence-corrected chi connectivity index (χ4v) is 2.71. The van der Waals surface area contributed by atoms with Crippen LogP contribution in [0, 0.1) is 0 Å². The van der Waals surface area contributed by atoms with Gasteiger partial charge in [0.05, 0.1) is 6.54 Å². The van der Waals surface area contributed by atoms with E-state index in [0.717, 1.165) is 13.0 Å². The summed E-state index contributed by atoms with van der Waals surface area (Å²) < 4.78 is 0. The molecule has 0 heterocycles. The van der Waals surface area contributed by atoms with E-state index in [1.54, 1.807) is 19.1 Å². The van der Waals surface area contributed by atoms with Gasteiger partial charge in [0, 0.05) is 17.8 Å². The van der Waals surface area contributed by atoms with Gasteiger partial charge < -0.3 is 16.0 Å². The number of carbonyl (C=O) groups excluding carboxylic acids is 2. The van der Waals surface area contributed by atoms with Gasteiger partial charge in [-0.2, -0.15) is 0 Å². The summed E-state index contributed by atoms with van der Waals surface area (Å²) in [7, 11) is 0. The van der Waals surface area contributed by atoms with Crippen LogP contribution in [0.5, 0.6) is 0 Å². The third kappa shape index (κ3) is 6.54. The molecule has 5 heteroatoms. The van der Waals surface area contributed by atoms with Gasteiger partial charge in [0.1, 0.15) is 0 Å². The molecule has 5 nitrogen and oxygen atoms in total. The predicted octanol–water partition coefficient (Wildman–Crippen LogP) is 3.45. The molecule has 0 saturated heterocycles. The number of amides is 2. The van der Waals surface area contributed by atoms with Gasteiger partial charge in [-0.15, -0.1) is 0 Å². The highest BCUT2D eigenvalue weighted by atomic mass is 16.2. The molecule has 130 valence electrons. The summed E-state index contributed by atoms with van der Waals surface area (Å²) >= 11 is 0. The minimum absolute atomic E-state index is 0.0443. The van der Waals surface area contributed by atoms with Gasteiger partial charge in [0.25, 0.3) is 0 Å². The smallest absolute Gasteiger partial charge is 0.238 e. The first kappa shape index (κ1) is 18.2. The first-order valence-electron chi connectivity index (χ1n) is 8.75. The Morgan fingerprint density at radius 1 is 1.08 bits per heavy atom. The Hall–Kier alpha value is -2.14. The van der Waals surface area contributed by atoms with Crippen molar-refractivity contribution in [3.8, 4) is 0 Å². The second-order valence-electron chi connectivity index (χ2n) is 6.07. The molecule has 2 rings (SSSR count). The van der Waals surface area contributed by atoms with Crippen molar-refractivity contribution in [2.45, 2.75) is 45.4 Å². The number of carbonyl (C=O) groups is 2. The molecule has 0 spiro atoms. The minimum Gasteiger partial charge on any atom is -0.326 e. The van der Waals surface area contributed by atoms with Crippen molar-refractivity contribution in [2.24, 2.45) is 0 Å². The Labute approximate surface area is 143 Å². The molecule has 1 aliphatic carbocycles. The van der Waals surface area contributed by atoms with Crippen molar-refractivity contribution < 1.29 is 9.59 Å². The number of rotatable bonds is 8. The highest BCUT2D eigenvalue weighted by Crippen LogP contribution is 2.19. The summed E-state index contributed by atoms with van der Waals surface area (Å²) in [6.45, 7) is 2.92. The van der Waals surface area contributed by atoms with Crippen LogP contribution in [-0.4, -0.2) is 24.9 Å². The van der Waals surface area contributed by atoms with E-state index in [0.29, 0.717) is 24.3 Å². The standard InChI is InChI=1S/C19H27N3O2/c1-2-18(23)21-16-9-6-10-17(13-16)22-19(24)14-20-12-11-15-7-4-3-5-8-15/h6-7,9-10,13,20H,2-5,8,11-12,14H2,1H3,(H,21,23)(H,22,24). The quantitative estimate of drug-likeness (QED) is 0.505. The average molecular weight is 329 g/mol. The second kappa shape index (κ2) is 9.88. The van der Waals surface area contributed by atoms with Crippen LogP contribution in [0.2, 0.25) is 0 Å². The maximum absolute atomic E-state index is 12.0.